The highest BCUT2D eigenvalue weighted by Gasteiger charge is 2.17. The van der Waals surface area contributed by atoms with Crippen LogP contribution in [-0.4, -0.2) is 16.2 Å². The highest BCUT2D eigenvalue weighted by atomic mass is 16.5. The molecule has 0 saturated carbocycles. The minimum atomic E-state index is -0.745. The molecule has 3 aromatic rings. The second-order valence-corrected chi connectivity index (χ2v) is 6.34. The first kappa shape index (κ1) is 16.2. The number of aryl methyl sites for hydroxylation is 2. The number of fused-ring (bicyclic) bond motifs is 2. The monoisotopic (exact) mass is 352 g/mol. The topological polar surface area (TPSA) is 97.0 Å². The van der Waals surface area contributed by atoms with E-state index in [2.05, 4.69) is 0 Å². The van der Waals surface area contributed by atoms with Crippen LogP contribution in [0.25, 0.3) is 11.0 Å². The number of hydrogen-bond acceptors (Lipinski definition) is 6. The SMILES string of the molecule is O=C(OCc1cc(=O)oc2cc3c(cc12)CCC3)c1ccc(O)cc1O. The molecule has 6 nitrogen and oxygen atoms in total. The van der Waals surface area contributed by atoms with Gasteiger partial charge in [0.1, 0.15) is 29.3 Å². The molecule has 1 aliphatic rings. The second-order valence-electron chi connectivity index (χ2n) is 6.34. The molecular weight excluding hydrogens is 336 g/mol. The summed E-state index contributed by atoms with van der Waals surface area (Å²) in [5.41, 5.74) is 2.87. The van der Waals surface area contributed by atoms with Crippen molar-refractivity contribution in [1.82, 2.24) is 0 Å². The molecule has 6 heteroatoms. The largest absolute Gasteiger partial charge is 0.508 e. The number of ether oxygens (including phenoxy) is 1. The number of phenolic OH excluding ortho intramolecular Hbond substituents is 2. The van der Waals surface area contributed by atoms with Gasteiger partial charge in [-0.1, -0.05) is 0 Å². The maximum absolute atomic E-state index is 12.2. The van der Waals surface area contributed by atoms with Gasteiger partial charge in [-0.2, -0.15) is 0 Å². The summed E-state index contributed by atoms with van der Waals surface area (Å²) in [5.74, 6) is -1.27. The van der Waals surface area contributed by atoms with Crippen molar-refractivity contribution in [2.75, 3.05) is 0 Å². The molecule has 0 atom stereocenters. The van der Waals surface area contributed by atoms with Crippen molar-refractivity contribution < 1.29 is 24.2 Å². The van der Waals surface area contributed by atoms with Crippen LogP contribution in [0.15, 0.2) is 45.6 Å². The van der Waals surface area contributed by atoms with Crippen LogP contribution in [0.5, 0.6) is 11.5 Å². The lowest BCUT2D eigenvalue weighted by Crippen LogP contribution is -2.08. The normalized spacial score (nSPS) is 12.9. The Labute approximate surface area is 148 Å². The van der Waals surface area contributed by atoms with Gasteiger partial charge in [0.05, 0.1) is 0 Å². The average Bonchev–Trinajstić information content (AvgIpc) is 3.04. The van der Waals surface area contributed by atoms with Crippen LogP contribution in [0.2, 0.25) is 0 Å². The Hall–Kier alpha value is -3.28. The Bertz CT molecular complexity index is 1080. The molecule has 4 rings (SSSR count). The molecule has 1 aliphatic carbocycles. The van der Waals surface area contributed by atoms with E-state index in [9.17, 15) is 19.8 Å². The Balaban J connectivity index is 1.64. The fraction of sp³-hybridized carbons (Fsp3) is 0.200. The molecule has 0 radical (unpaired) electrons. The highest BCUT2D eigenvalue weighted by molar-refractivity contribution is 5.92. The van der Waals surface area contributed by atoms with E-state index in [1.54, 1.807) is 0 Å². The van der Waals surface area contributed by atoms with Gasteiger partial charge in [0, 0.05) is 23.1 Å². The summed E-state index contributed by atoms with van der Waals surface area (Å²) in [5, 5.41) is 19.8. The minimum Gasteiger partial charge on any atom is -0.508 e. The van der Waals surface area contributed by atoms with Crippen molar-refractivity contribution in [3.63, 3.8) is 0 Å². The number of aromatic hydroxyl groups is 2. The molecule has 0 saturated heterocycles. The van der Waals surface area contributed by atoms with E-state index in [4.69, 9.17) is 9.15 Å². The van der Waals surface area contributed by atoms with Crippen molar-refractivity contribution in [2.45, 2.75) is 25.9 Å². The zero-order valence-corrected chi connectivity index (χ0v) is 13.8. The van der Waals surface area contributed by atoms with Gasteiger partial charge in [-0.05, 0) is 54.7 Å². The number of esters is 1. The molecule has 0 aliphatic heterocycles. The van der Waals surface area contributed by atoms with Crippen LogP contribution in [-0.2, 0) is 24.2 Å². The summed E-state index contributed by atoms with van der Waals surface area (Å²) in [6.45, 7) is -0.125. The van der Waals surface area contributed by atoms with E-state index in [0.717, 1.165) is 30.7 Å². The predicted molar refractivity (Wildman–Crippen MR) is 93.4 cm³/mol. The van der Waals surface area contributed by atoms with Crippen molar-refractivity contribution in [1.29, 1.82) is 0 Å². The summed E-state index contributed by atoms with van der Waals surface area (Å²) in [6, 6.07) is 8.81. The molecule has 2 N–H and O–H groups in total. The summed E-state index contributed by atoms with van der Waals surface area (Å²) in [7, 11) is 0. The zero-order chi connectivity index (χ0) is 18.3. The molecule has 0 unspecified atom stereocenters. The van der Waals surface area contributed by atoms with Gasteiger partial charge in [-0.15, -0.1) is 0 Å². The predicted octanol–water partition coefficient (Wildman–Crippen LogP) is 3.05. The number of benzene rings is 2. The fourth-order valence-electron chi connectivity index (χ4n) is 3.33. The summed E-state index contributed by atoms with van der Waals surface area (Å²) in [4.78, 5) is 24.0. The van der Waals surface area contributed by atoms with Crippen LogP contribution in [0.3, 0.4) is 0 Å². The van der Waals surface area contributed by atoms with Gasteiger partial charge in [0.15, 0.2) is 0 Å². The van der Waals surface area contributed by atoms with E-state index in [1.165, 1.54) is 29.3 Å². The molecule has 132 valence electrons. The first-order valence-corrected chi connectivity index (χ1v) is 8.29. The Kier molecular flexibility index (Phi) is 3.88. The lowest BCUT2D eigenvalue weighted by Gasteiger charge is -2.10. The van der Waals surface area contributed by atoms with Crippen LogP contribution in [0, 0.1) is 0 Å². The second kappa shape index (κ2) is 6.22. The van der Waals surface area contributed by atoms with Gasteiger partial charge >= 0.3 is 11.6 Å². The Morgan fingerprint density at radius 2 is 1.85 bits per heavy atom. The van der Waals surface area contributed by atoms with Crippen molar-refractivity contribution in [3.05, 3.63) is 69.1 Å². The number of carbonyl (C=O) groups excluding carboxylic acids is 1. The van der Waals surface area contributed by atoms with Gasteiger partial charge in [-0.3, -0.25) is 0 Å². The van der Waals surface area contributed by atoms with Gasteiger partial charge in [-0.25, -0.2) is 9.59 Å². The van der Waals surface area contributed by atoms with Crippen molar-refractivity contribution in [3.8, 4) is 11.5 Å². The molecule has 2 aromatic carbocycles. The lowest BCUT2D eigenvalue weighted by molar-refractivity contribution is 0.0470. The van der Waals surface area contributed by atoms with E-state index >= 15 is 0 Å². The van der Waals surface area contributed by atoms with Gasteiger partial charge in [0.25, 0.3) is 0 Å². The van der Waals surface area contributed by atoms with E-state index in [1.807, 2.05) is 12.1 Å². The average molecular weight is 352 g/mol. The molecule has 0 amide bonds. The first-order chi connectivity index (χ1) is 12.5. The van der Waals surface area contributed by atoms with Crippen molar-refractivity contribution >= 4 is 16.9 Å². The van der Waals surface area contributed by atoms with Crippen LogP contribution >= 0.6 is 0 Å². The van der Waals surface area contributed by atoms with Gasteiger partial charge < -0.3 is 19.4 Å². The highest BCUT2D eigenvalue weighted by Crippen LogP contribution is 2.29. The smallest absolute Gasteiger partial charge is 0.342 e. The number of rotatable bonds is 3. The lowest BCUT2D eigenvalue weighted by atomic mass is 10.0. The van der Waals surface area contributed by atoms with E-state index < -0.39 is 11.6 Å². The maximum Gasteiger partial charge on any atom is 0.342 e. The van der Waals surface area contributed by atoms with E-state index in [-0.39, 0.29) is 23.7 Å². The quantitative estimate of drug-likeness (QED) is 0.555. The molecule has 0 bridgehead atoms. The number of carbonyl (C=O) groups is 1. The molecular formula is C20H16O6. The van der Waals surface area contributed by atoms with Crippen molar-refractivity contribution in [2.24, 2.45) is 0 Å². The Morgan fingerprint density at radius 3 is 2.62 bits per heavy atom. The molecule has 1 aromatic heterocycles. The van der Waals surface area contributed by atoms with Crippen LogP contribution < -0.4 is 5.63 Å². The van der Waals surface area contributed by atoms with E-state index in [0.29, 0.717) is 11.1 Å². The third-order valence-corrected chi connectivity index (χ3v) is 4.60. The fourth-order valence-corrected chi connectivity index (χ4v) is 3.33. The van der Waals surface area contributed by atoms with Gasteiger partial charge in [0.2, 0.25) is 0 Å². The molecule has 1 heterocycles. The summed E-state index contributed by atoms with van der Waals surface area (Å²) >= 11 is 0. The number of hydrogen-bond donors (Lipinski definition) is 2. The maximum atomic E-state index is 12.2. The Morgan fingerprint density at radius 1 is 1.08 bits per heavy atom. The molecule has 26 heavy (non-hydrogen) atoms. The zero-order valence-electron chi connectivity index (χ0n) is 13.8. The third-order valence-electron chi connectivity index (χ3n) is 4.60. The number of phenols is 2. The molecule has 0 fully saturated rings. The first-order valence-electron chi connectivity index (χ1n) is 8.29. The summed E-state index contributed by atoms with van der Waals surface area (Å²) in [6.07, 6.45) is 3.01. The van der Waals surface area contributed by atoms with Crippen LogP contribution in [0.1, 0.15) is 33.5 Å². The minimum absolute atomic E-state index is 0.0593. The summed E-state index contributed by atoms with van der Waals surface area (Å²) < 4.78 is 10.5. The standard InChI is InChI=1S/C20H16O6/c21-14-4-5-15(17(22)9-14)20(24)25-10-13-8-19(23)26-18-7-12-3-1-2-11(12)6-16(13)18/h4-9,21-22H,1-3,10H2. The molecule has 0 spiro atoms. The van der Waals surface area contributed by atoms with Crippen LogP contribution in [0.4, 0.5) is 0 Å². The third kappa shape index (κ3) is 2.90.